The van der Waals surface area contributed by atoms with E-state index in [0.717, 1.165) is 40.5 Å². The van der Waals surface area contributed by atoms with Crippen molar-refractivity contribution in [2.24, 2.45) is 0 Å². The van der Waals surface area contributed by atoms with Crippen LogP contribution in [-0.2, 0) is 27.2 Å². The van der Waals surface area contributed by atoms with E-state index in [-0.39, 0.29) is 18.4 Å². The van der Waals surface area contributed by atoms with Crippen molar-refractivity contribution in [1.82, 2.24) is 5.32 Å². The molecule has 1 aromatic heterocycles. The SMILES string of the molecule is Cc1cc2occ(CC(=O)O[C@H](C)C(=O)N[C@H](C)CCc3ccccc3)c2cc1C. The summed E-state index contributed by atoms with van der Waals surface area (Å²) in [5, 5.41) is 3.83. The number of amides is 1. The topological polar surface area (TPSA) is 68.5 Å². The summed E-state index contributed by atoms with van der Waals surface area (Å²) in [5.74, 6) is -0.733. The molecule has 5 heteroatoms. The van der Waals surface area contributed by atoms with Crippen molar-refractivity contribution in [3.8, 4) is 0 Å². The second kappa shape index (κ2) is 9.61. The molecule has 30 heavy (non-hydrogen) atoms. The Hall–Kier alpha value is -3.08. The van der Waals surface area contributed by atoms with Gasteiger partial charge in [-0.25, -0.2) is 0 Å². The van der Waals surface area contributed by atoms with Gasteiger partial charge in [0, 0.05) is 17.0 Å². The molecule has 0 unspecified atom stereocenters. The minimum Gasteiger partial charge on any atom is -0.464 e. The summed E-state index contributed by atoms with van der Waals surface area (Å²) in [4.78, 5) is 24.8. The lowest BCUT2D eigenvalue weighted by molar-refractivity contribution is -0.154. The van der Waals surface area contributed by atoms with Crippen LogP contribution in [0.3, 0.4) is 0 Å². The maximum atomic E-state index is 12.4. The molecule has 1 N–H and O–H groups in total. The average molecular weight is 408 g/mol. The van der Waals surface area contributed by atoms with Gasteiger partial charge in [-0.15, -0.1) is 0 Å². The van der Waals surface area contributed by atoms with E-state index in [1.54, 1.807) is 13.2 Å². The van der Waals surface area contributed by atoms with E-state index in [9.17, 15) is 9.59 Å². The Balaban J connectivity index is 1.50. The predicted octanol–water partition coefficient (Wildman–Crippen LogP) is 4.66. The number of nitrogens with one attached hydrogen (secondary N) is 1. The molecule has 0 aliphatic heterocycles. The van der Waals surface area contributed by atoms with Crippen LogP contribution >= 0.6 is 0 Å². The monoisotopic (exact) mass is 407 g/mol. The molecule has 2 atom stereocenters. The summed E-state index contributed by atoms with van der Waals surface area (Å²) in [7, 11) is 0. The molecule has 0 bridgehead atoms. The largest absolute Gasteiger partial charge is 0.464 e. The van der Waals surface area contributed by atoms with Gasteiger partial charge in [-0.05, 0) is 69.4 Å². The van der Waals surface area contributed by atoms with Gasteiger partial charge >= 0.3 is 5.97 Å². The Morgan fingerprint density at radius 2 is 1.77 bits per heavy atom. The Labute approximate surface area is 177 Å². The second-order valence-corrected chi connectivity index (χ2v) is 7.94. The maximum Gasteiger partial charge on any atom is 0.311 e. The first-order valence-electron chi connectivity index (χ1n) is 10.3. The summed E-state index contributed by atoms with van der Waals surface area (Å²) in [6.45, 7) is 7.59. The molecule has 158 valence electrons. The van der Waals surface area contributed by atoms with Gasteiger partial charge in [-0.1, -0.05) is 30.3 Å². The quantitative estimate of drug-likeness (QED) is 0.552. The molecule has 0 spiro atoms. The molecule has 0 saturated heterocycles. The van der Waals surface area contributed by atoms with Crippen LogP contribution in [0.4, 0.5) is 0 Å². The third-order valence-electron chi connectivity index (χ3n) is 5.38. The van der Waals surface area contributed by atoms with E-state index in [1.807, 2.05) is 51.1 Å². The minimum absolute atomic E-state index is 0.0112. The summed E-state index contributed by atoms with van der Waals surface area (Å²) < 4.78 is 10.9. The predicted molar refractivity (Wildman–Crippen MR) is 117 cm³/mol. The van der Waals surface area contributed by atoms with Crippen molar-refractivity contribution in [3.05, 3.63) is 71.0 Å². The fourth-order valence-electron chi connectivity index (χ4n) is 3.38. The van der Waals surface area contributed by atoms with Gasteiger partial charge in [0.15, 0.2) is 6.10 Å². The lowest BCUT2D eigenvalue weighted by atomic mass is 10.0. The van der Waals surface area contributed by atoms with E-state index >= 15 is 0 Å². The zero-order valence-corrected chi connectivity index (χ0v) is 18.0. The van der Waals surface area contributed by atoms with Gasteiger partial charge in [-0.2, -0.15) is 0 Å². The first-order valence-corrected chi connectivity index (χ1v) is 10.3. The fourth-order valence-corrected chi connectivity index (χ4v) is 3.38. The molecular formula is C25H29NO4. The smallest absolute Gasteiger partial charge is 0.311 e. The van der Waals surface area contributed by atoms with Crippen molar-refractivity contribution in [2.45, 2.75) is 59.1 Å². The van der Waals surface area contributed by atoms with Gasteiger partial charge < -0.3 is 14.5 Å². The number of carbonyl (C=O) groups excluding carboxylic acids is 2. The molecule has 0 fully saturated rings. The number of hydrogen-bond acceptors (Lipinski definition) is 4. The molecule has 1 amide bonds. The van der Waals surface area contributed by atoms with Crippen LogP contribution in [0.1, 0.15) is 42.5 Å². The Kier molecular flexibility index (Phi) is 6.93. The van der Waals surface area contributed by atoms with Crippen molar-refractivity contribution < 1.29 is 18.7 Å². The van der Waals surface area contributed by atoms with Gasteiger partial charge in [0.2, 0.25) is 0 Å². The molecule has 2 aromatic carbocycles. The van der Waals surface area contributed by atoms with Gasteiger partial charge in [-0.3, -0.25) is 9.59 Å². The van der Waals surface area contributed by atoms with Crippen LogP contribution < -0.4 is 5.32 Å². The number of esters is 1. The Morgan fingerprint density at radius 3 is 2.50 bits per heavy atom. The van der Waals surface area contributed by atoms with E-state index in [1.165, 1.54) is 5.56 Å². The summed E-state index contributed by atoms with van der Waals surface area (Å²) in [6, 6.07) is 14.1. The molecule has 0 saturated carbocycles. The van der Waals surface area contributed by atoms with Crippen molar-refractivity contribution in [3.63, 3.8) is 0 Å². The van der Waals surface area contributed by atoms with Crippen LogP contribution in [-0.4, -0.2) is 24.0 Å². The lowest BCUT2D eigenvalue weighted by Gasteiger charge is -2.18. The molecule has 1 heterocycles. The van der Waals surface area contributed by atoms with E-state index in [0.29, 0.717) is 0 Å². The number of furan rings is 1. The first kappa shape index (κ1) is 21.6. The Bertz CT molecular complexity index is 1020. The van der Waals surface area contributed by atoms with Crippen molar-refractivity contribution in [2.75, 3.05) is 0 Å². The molecular weight excluding hydrogens is 378 g/mol. The summed E-state index contributed by atoms with van der Waals surface area (Å²) in [5.41, 5.74) is 5.02. The standard InChI is InChI=1S/C25H29NO4/c1-16-12-22-21(15-29-23(22)13-17(16)2)14-24(27)30-19(4)25(28)26-18(3)10-11-20-8-6-5-7-9-20/h5-9,12-13,15,18-19H,10-11,14H2,1-4H3,(H,26,28)/t18-,19-/m1/s1. The molecule has 0 aliphatic carbocycles. The third kappa shape index (κ3) is 5.50. The molecule has 3 aromatic rings. The van der Waals surface area contributed by atoms with Crippen LogP contribution in [0.5, 0.6) is 0 Å². The number of benzene rings is 2. The highest BCUT2D eigenvalue weighted by Crippen LogP contribution is 2.25. The molecule has 5 nitrogen and oxygen atoms in total. The highest BCUT2D eigenvalue weighted by Gasteiger charge is 2.21. The lowest BCUT2D eigenvalue weighted by Crippen LogP contribution is -2.41. The molecule has 0 radical (unpaired) electrons. The zero-order chi connectivity index (χ0) is 21.7. The summed E-state index contributed by atoms with van der Waals surface area (Å²) >= 11 is 0. The third-order valence-corrected chi connectivity index (χ3v) is 5.38. The molecule has 0 aliphatic rings. The average Bonchev–Trinajstić information content (AvgIpc) is 3.08. The Morgan fingerprint density at radius 1 is 1.07 bits per heavy atom. The van der Waals surface area contributed by atoms with Crippen molar-refractivity contribution >= 4 is 22.8 Å². The normalized spacial score (nSPS) is 13.1. The minimum atomic E-state index is -0.848. The van der Waals surface area contributed by atoms with E-state index < -0.39 is 12.1 Å². The number of ether oxygens (including phenoxy) is 1. The number of carbonyl (C=O) groups is 2. The van der Waals surface area contributed by atoms with Crippen LogP contribution in [0.2, 0.25) is 0 Å². The van der Waals surface area contributed by atoms with Crippen molar-refractivity contribution in [1.29, 1.82) is 0 Å². The number of fused-ring (bicyclic) bond motifs is 1. The first-order chi connectivity index (χ1) is 14.3. The second-order valence-electron chi connectivity index (χ2n) is 7.94. The highest BCUT2D eigenvalue weighted by molar-refractivity contribution is 5.88. The van der Waals surface area contributed by atoms with Gasteiger partial charge in [0.1, 0.15) is 5.58 Å². The number of rotatable bonds is 8. The fraction of sp³-hybridized carbons (Fsp3) is 0.360. The van der Waals surface area contributed by atoms with E-state index in [2.05, 4.69) is 17.4 Å². The maximum absolute atomic E-state index is 12.4. The van der Waals surface area contributed by atoms with Crippen LogP contribution in [0.25, 0.3) is 11.0 Å². The number of aryl methyl sites for hydroxylation is 3. The highest BCUT2D eigenvalue weighted by atomic mass is 16.5. The zero-order valence-electron chi connectivity index (χ0n) is 18.0. The van der Waals surface area contributed by atoms with E-state index in [4.69, 9.17) is 9.15 Å². The molecule has 3 rings (SSSR count). The van der Waals surface area contributed by atoms with Crippen LogP contribution in [0.15, 0.2) is 53.1 Å². The van der Waals surface area contributed by atoms with Gasteiger partial charge in [0.25, 0.3) is 5.91 Å². The summed E-state index contributed by atoms with van der Waals surface area (Å²) in [6.07, 6.45) is 2.50. The van der Waals surface area contributed by atoms with Crippen LogP contribution in [0, 0.1) is 13.8 Å². The number of hydrogen-bond donors (Lipinski definition) is 1. The van der Waals surface area contributed by atoms with Gasteiger partial charge in [0.05, 0.1) is 12.7 Å².